The number of fused-ring (bicyclic) bond motifs is 1. The molecule has 1 fully saturated rings. The Hall–Kier alpha value is -3.61. The molecule has 1 N–H and O–H groups in total. The van der Waals surface area contributed by atoms with Crippen LogP contribution in [0.25, 0.3) is 11.1 Å². The van der Waals surface area contributed by atoms with Crippen LogP contribution in [-0.4, -0.2) is 76.5 Å². The molecule has 2 aromatic carbocycles. The van der Waals surface area contributed by atoms with Gasteiger partial charge in [-0.3, -0.25) is 18.7 Å². The molecule has 0 atom stereocenters. The summed E-state index contributed by atoms with van der Waals surface area (Å²) in [5.41, 5.74) is 0.737. The van der Waals surface area contributed by atoms with Crippen LogP contribution in [0.2, 0.25) is 5.02 Å². The van der Waals surface area contributed by atoms with Gasteiger partial charge in [0.05, 0.1) is 23.7 Å². The standard InChI is InChI=1S/C30H33ClFN5O5S/c1-42-15-14-37-28(39)23(22-4-3-5-24(32)27(22)31)17-35(30(37)41)18-26(38)34-11-9-20(10-12-34)36-13-8-19-16-21(43-2)6-7-25(19)33-29(36)40/h3-7,16-17,20H,8-15,18H2,1-2H3,(H,33,40). The Morgan fingerprint density at radius 3 is 2.60 bits per heavy atom. The lowest BCUT2D eigenvalue weighted by atomic mass is 10.0. The number of ether oxygens (including phenoxy) is 1. The minimum Gasteiger partial charge on any atom is -0.383 e. The summed E-state index contributed by atoms with van der Waals surface area (Å²) < 4.78 is 21.4. The number of hydrogen-bond acceptors (Lipinski definition) is 6. The summed E-state index contributed by atoms with van der Waals surface area (Å²) in [5, 5.41) is 2.79. The third kappa shape index (κ3) is 6.51. The zero-order chi connectivity index (χ0) is 30.7. The second-order valence-corrected chi connectivity index (χ2v) is 11.8. The fourth-order valence-corrected chi connectivity index (χ4v) is 6.31. The van der Waals surface area contributed by atoms with E-state index in [1.807, 2.05) is 23.3 Å². The number of carbonyl (C=O) groups is 2. The van der Waals surface area contributed by atoms with E-state index in [9.17, 15) is 23.6 Å². The van der Waals surface area contributed by atoms with Crippen LogP contribution in [-0.2, 0) is 29.0 Å². The van der Waals surface area contributed by atoms with E-state index in [0.29, 0.717) is 32.5 Å². The first kappa shape index (κ1) is 30.8. The van der Waals surface area contributed by atoms with Crippen molar-refractivity contribution in [3.05, 3.63) is 79.8 Å². The molecule has 0 unspecified atom stereocenters. The van der Waals surface area contributed by atoms with Crippen molar-refractivity contribution in [2.24, 2.45) is 0 Å². The average molecular weight is 630 g/mol. The Bertz CT molecular complexity index is 1650. The van der Waals surface area contributed by atoms with Crippen molar-refractivity contribution in [1.29, 1.82) is 0 Å². The van der Waals surface area contributed by atoms with Crippen molar-refractivity contribution in [2.45, 2.75) is 43.3 Å². The number of urea groups is 1. The minimum absolute atomic E-state index is 0.00420. The first-order chi connectivity index (χ1) is 20.7. The van der Waals surface area contributed by atoms with Gasteiger partial charge in [-0.25, -0.2) is 14.0 Å². The zero-order valence-electron chi connectivity index (χ0n) is 24.0. The summed E-state index contributed by atoms with van der Waals surface area (Å²) in [6, 6.07) is 9.96. The summed E-state index contributed by atoms with van der Waals surface area (Å²) in [6.45, 7) is 1.14. The Morgan fingerprint density at radius 2 is 1.88 bits per heavy atom. The van der Waals surface area contributed by atoms with Crippen molar-refractivity contribution in [3.63, 3.8) is 0 Å². The molecule has 0 aliphatic carbocycles. The van der Waals surface area contributed by atoms with Crippen molar-refractivity contribution >= 4 is 41.0 Å². The largest absolute Gasteiger partial charge is 0.383 e. The van der Waals surface area contributed by atoms with E-state index < -0.39 is 17.1 Å². The zero-order valence-corrected chi connectivity index (χ0v) is 25.5. The van der Waals surface area contributed by atoms with Crippen LogP contribution in [0.4, 0.5) is 14.9 Å². The average Bonchev–Trinajstić information content (AvgIpc) is 3.17. The highest BCUT2D eigenvalue weighted by Gasteiger charge is 2.31. The van der Waals surface area contributed by atoms with E-state index in [0.717, 1.165) is 31.7 Å². The fraction of sp³-hybridized carbons (Fsp3) is 0.400. The van der Waals surface area contributed by atoms with Gasteiger partial charge < -0.3 is 19.9 Å². The quantitative estimate of drug-likeness (QED) is 0.379. The first-order valence-electron chi connectivity index (χ1n) is 14.0. The van der Waals surface area contributed by atoms with E-state index in [2.05, 4.69) is 11.4 Å². The van der Waals surface area contributed by atoms with Gasteiger partial charge in [0.2, 0.25) is 5.91 Å². The lowest BCUT2D eigenvalue weighted by molar-refractivity contribution is -0.133. The third-order valence-corrected chi connectivity index (χ3v) is 9.11. The van der Waals surface area contributed by atoms with Crippen LogP contribution in [0.3, 0.4) is 0 Å². The molecule has 3 aromatic rings. The van der Waals surface area contributed by atoms with Gasteiger partial charge >= 0.3 is 11.7 Å². The van der Waals surface area contributed by atoms with E-state index in [1.165, 1.54) is 31.5 Å². The lowest BCUT2D eigenvalue weighted by Gasteiger charge is -2.38. The van der Waals surface area contributed by atoms with Gasteiger partial charge in [-0.15, -0.1) is 11.8 Å². The Labute approximate surface area is 257 Å². The van der Waals surface area contributed by atoms with Gasteiger partial charge in [0.25, 0.3) is 5.56 Å². The highest BCUT2D eigenvalue weighted by Crippen LogP contribution is 2.29. The fourth-order valence-electron chi connectivity index (χ4n) is 5.62. The van der Waals surface area contributed by atoms with Gasteiger partial charge in [-0.1, -0.05) is 23.7 Å². The molecule has 1 saturated heterocycles. The number of hydrogen-bond donors (Lipinski definition) is 1. The number of benzene rings is 2. The number of halogens is 2. The van der Waals surface area contributed by atoms with Crippen LogP contribution in [0.15, 0.2) is 57.1 Å². The molecule has 10 nitrogen and oxygen atoms in total. The van der Waals surface area contributed by atoms with Gasteiger partial charge in [0, 0.05) is 55.1 Å². The highest BCUT2D eigenvalue weighted by atomic mass is 35.5. The normalized spacial score (nSPS) is 15.7. The van der Waals surface area contributed by atoms with Gasteiger partial charge in [-0.2, -0.15) is 0 Å². The van der Waals surface area contributed by atoms with Crippen molar-refractivity contribution < 1.29 is 18.7 Å². The van der Waals surface area contributed by atoms with Crippen LogP contribution in [0.5, 0.6) is 0 Å². The van der Waals surface area contributed by atoms with Crippen LogP contribution in [0, 0.1) is 5.82 Å². The molecule has 13 heteroatoms. The predicted octanol–water partition coefficient (Wildman–Crippen LogP) is 3.92. The number of piperidine rings is 1. The van der Waals surface area contributed by atoms with Gasteiger partial charge in [-0.05, 0) is 55.3 Å². The molecule has 1 aromatic heterocycles. The summed E-state index contributed by atoms with van der Waals surface area (Å²) in [7, 11) is 1.44. The van der Waals surface area contributed by atoms with Crippen LogP contribution in [0.1, 0.15) is 18.4 Å². The smallest absolute Gasteiger partial charge is 0.331 e. The summed E-state index contributed by atoms with van der Waals surface area (Å²) >= 11 is 7.83. The second-order valence-electron chi connectivity index (χ2n) is 10.5. The molecular formula is C30H33ClFN5O5S. The monoisotopic (exact) mass is 629 g/mol. The molecule has 0 spiro atoms. The number of aromatic nitrogens is 2. The van der Waals surface area contributed by atoms with Crippen molar-refractivity contribution in [3.8, 4) is 11.1 Å². The Kier molecular flexibility index (Phi) is 9.58. The minimum atomic E-state index is -0.703. The molecular weight excluding hydrogens is 597 g/mol. The number of amides is 3. The number of likely N-dealkylation sites (tertiary alicyclic amines) is 1. The van der Waals surface area contributed by atoms with E-state index >= 15 is 0 Å². The predicted molar refractivity (Wildman–Crippen MR) is 164 cm³/mol. The summed E-state index contributed by atoms with van der Waals surface area (Å²) in [4.78, 5) is 57.6. The maximum absolute atomic E-state index is 14.2. The molecule has 3 heterocycles. The molecule has 2 aliphatic heterocycles. The Morgan fingerprint density at radius 1 is 1.12 bits per heavy atom. The first-order valence-corrected chi connectivity index (χ1v) is 15.6. The van der Waals surface area contributed by atoms with E-state index in [4.69, 9.17) is 16.3 Å². The highest BCUT2D eigenvalue weighted by molar-refractivity contribution is 7.98. The number of carbonyl (C=O) groups excluding carboxylic acids is 2. The van der Waals surface area contributed by atoms with E-state index in [-0.39, 0.29) is 53.8 Å². The molecule has 228 valence electrons. The number of methoxy groups -OCH3 is 1. The molecule has 3 amide bonds. The summed E-state index contributed by atoms with van der Waals surface area (Å²) in [6.07, 6.45) is 5.21. The molecule has 43 heavy (non-hydrogen) atoms. The maximum Gasteiger partial charge on any atom is 0.331 e. The maximum atomic E-state index is 14.2. The topological polar surface area (TPSA) is 106 Å². The number of thioether (sulfide) groups is 1. The molecule has 5 rings (SSSR count). The molecule has 0 bridgehead atoms. The molecule has 0 radical (unpaired) electrons. The van der Waals surface area contributed by atoms with Crippen LogP contribution >= 0.6 is 23.4 Å². The van der Waals surface area contributed by atoms with Gasteiger partial charge in [0.15, 0.2) is 0 Å². The third-order valence-electron chi connectivity index (χ3n) is 8.00. The summed E-state index contributed by atoms with van der Waals surface area (Å²) in [5.74, 6) is -1.00. The number of nitrogens with one attached hydrogen (secondary N) is 1. The van der Waals surface area contributed by atoms with Crippen molar-refractivity contribution in [2.75, 3.05) is 44.9 Å². The van der Waals surface area contributed by atoms with Crippen LogP contribution < -0.4 is 16.6 Å². The van der Waals surface area contributed by atoms with E-state index in [1.54, 1.807) is 16.7 Å². The molecule has 0 saturated carbocycles. The number of anilines is 1. The Balaban J connectivity index is 1.30. The number of rotatable bonds is 8. The van der Waals surface area contributed by atoms with Crippen molar-refractivity contribution in [1.82, 2.24) is 18.9 Å². The van der Waals surface area contributed by atoms with Gasteiger partial charge in [0.1, 0.15) is 12.4 Å². The SMILES string of the molecule is COCCn1c(=O)c(-c2cccc(F)c2Cl)cn(CC(=O)N2CCC(N3CCc4cc(SC)ccc4NC3=O)CC2)c1=O. The second kappa shape index (κ2) is 13.4. The lowest BCUT2D eigenvalue weighted by Crippen LogP contribution is -2.51. The molecule has 2 aliphatic rings. The number of nitrogens with zero attached hydrogens (tertiary/aromatic N) is 4.